The van der Waals surface area contributed by atoms with Gasteiger partial charge in [0.2, 0.25) is 0 Å². The molecule has 4 nitrogen and oxygen atoms in total. The smallest absolute Gasteiger partial charge is 0.339 e. The standard InChI is InChI=1S/C13H20N2O2S/c1-4-13(5-2,18-3)9-15-11-10(12(16)17)7-6-8-14-11/h6-8H,4-5,9H2,1-3H3,(H,14,15)(H,16,17). The molecule has 18 heavy (non-hydrogen) atoms. The number of aromatic nitrogens is 1. The first-order valence-electron chi connectivity index (χ1n) is 6.06. The minimum Gasteiger partial charge on any atom is -0.478 e. The van der Waals surface area contributed by atoms with E-state index in [1.165, 1.54) is 0 Å². The van der Waals surface area contributed by atoms with Gasteiger partial charge in [0.05, 0.1) is 0 Å². The van der Waals surface area contributed by atoms with Gasteiger partial charge in [0.1, 0.15) is 11.4 Å². The van der Waals surface area contributed by atoms with Gasteiger partial charge < -0.3 is 10.4 Å². The highest BCUT2D eigenvalue weighted by molar-refractivity contribution is 8.00. The molecule has 0 atom stereocenters. The molecule has 0 aromatic carbocycles. The number of carboxylic acids is 1. The summed E-state index contributed by atoms with van der Waals surface area (Å²) in [6, 6.07) is 3.20. The van der Waals surface area contributed by atoms with Crippen molar-refractivity contribution < 1.29 is 9.90 Å². The predicted molar refractivity (Wildman–Crippen MR) is 76.5 cm³/mol. The molecule has 0 aliphatic heterocycles. The van der Waals surface area contributed by atoms with Crippen molar-refractivity contribution in [3.8, 4) is 0 Å². The number of hydrogen-bond donors (Lipinski definition) is 2. The number of thioether (sulfide) groups is 1. The van der Waals surface area contributed by atoms with Crippen molar-refractivity contribution in [1.82, 2.24) is 4.98 Å². The molecule has 0 radical (unpaired) electrons. The Kier molecular flexibility index (Phi) is 5.47. The van der Waals surface area contributed by atoms with Gasteiger partial charge in [0.15, 0.2) is 0 Å². The van der Waals surface area contributed by atoms with E-state index in [1.807, 2.05) is 11.8 Å². The van der Waals surface area contributed by atoms with Gasteiger partial charge in [-0.2, -0.15) is 11.8 Å². The molecule has 2 N–H and O–H groups in total. The van der Waals surface area contributed by atoms with Crippen molar-refractivity contribution in [2.45, 2.75) is 31.4 Å². The number of rotatable bonds is 7. The van der Waals surface area contributed by atoms with Crippen molar-refractivity contribution in [1.29, 1.82) is 0 Å². The molecular weight excluding hydrogens is 248 g/mol. The van der Waals surface area contributed by atoms with Gasteiger partial charge >= 0.3 is 5.97 Å². The number of nitrogens with zero attached hydrogens (tertiary/aromatic N) is 1. The molecule has 0 fully saturated rings. The van der Waals surface area contributed by atoms with E-state index in [9.17, 15) is 4.79 Å². The summed E-state index contributed by atoms with van der Waals surface area (Å²) in [6.07, 6.45) is 5.76. The van der Waals surface area contributed by atoms with E-state index in [4.69, 9.17) is 5.11 Å². The average molecular weight is 268 g/mol. The number of anilines is 1. The fourth-order valence-corrected chi connectivity index (χ4v) is 2.62. The quantitative estimate of drug-likeness (QED) is 0.795. The van der Waals surface area contributed by atoms with Gasteiger partial charge in [-0.05, 0) is 31.2 Å². The third-order valence-electron chi connectivity index (χ3n) is 3.34. The second-order valence-corrected chi connectivity index (χ2v) is 5.43. The lowest BCUT2D eigenvalue weighted by atomic mass is 10.0. The molecule has 100 valence electrons. The number of aromatic carboxylic acids is 1. The zero-order chi connectivity index (χ0) is 13.6. The molecule has 0 aliphatic carbocycles. The zero-order valence-corrected chi connectivity index (χ0v) is 11.9. The van der Waals surface area contributed by atoms with E-state index < -0.39 is 5.97 Å². The average Bonchev–Trinajstić information content (AvgIpc) is 2.41. The highest BCUT2D eigenvalue weighted by atomic mass is 32.2. The second kappa shape index (κ2) is 6.64. The van der Waals surface area contributed by atoms with Crippen molar-refractivity contribution in [2.75, 3.05) is 18.1 Å². The molecule has 0 saturated heterocycles. The summed E-state index contributed by atoms with van der Waals surface area (Å²) in [4.78, 5) is 15.2. The SMILES string of the molecule is CCC(CC)(CNc1ncccc1C(=O)O)SC. The van der Waals surface area contributed by atoms with Gasteiger partial charge in [-0.25, -0.2) is 9.78 Å². The molecule has 1 aromatic heterocycles. The maximum atomic E-state index is 11.1. The summed E-state index contributed by atoms with van der Waals surface area (Å²) in [5.74, 6) is -0.501. The topological polar surface area (TPSA) is 62.2 Å². The van der Waals surface area contributed by atoms with E-state index in [0.717, 1.165) is 19.4 Å². The van der Waals surface area contributed by atoms with Crippen LogP contribution in [0.25, 0.3) is 0 Å². The Morgan fingerprint density at radius 3 is 2.67 bits per heavy atom. The summed E-state index contributed by atoms with van der Waals surface area (Å²) in [6.45, 7) is 5.02. The number of pyridine rings is 1. The summed E-state index contributed by atoms with van der Waals surface area (Å²) in [5, 5.41) is 12.3. The second-order valence-electron chi connectivity index (χ2n) is 4.15. The van der Waals surface area contributed by atoms with Gasteiger partial charge in [-0.15, -0.1) is 0 Å². The van der Waals surface area contributed by atoms with Gasteiger partial charge in [-0.1, -0.05) is 13.8 Å². The molecule has 0 bridgehead atoms. The maximum absolute atomic E-state index is 11.1. The Balaban J connectivity index is 2.83. The first-order chi connectivity index (χ1) is 8.58. The summed E-state index contributed by atoms with van der Waals surface area (Å²) >= 11 is 1.81. The molecule has 0 spiro atoms. The van der Waals surface area contributed by atoms with E-state index >= 15 is 0 Å². The summed E-state index contributed by atoms with van der Waals surface area (Å²) in [5.41, 5.74) is 0.222. The van der Waals surface area contributed by atoms with Crippen LogP contribution >= 0.6 is 11.8 Å². The lowest BCUT2D eigenvalue weighted by Gasteiger charge is -2.30. The van der Waals surface area contributed by atoms with Crippen molar-refractivity contribution in [2.24, 2.45) is 0 Å². The van der Waals surface area contributed by atoms with Crippen LogP contribution in [0.5, 0.6) is 0 Å². The van der Waals surface area contributed by atoms with Crippen molar-refractivity contribution in [3.63, 3.8) is 0 Å². The maximum Gasteiger partial charge on any atom is 0.339 e. The third kappa shape index (κ3) is 3.38. The third-order valence-corrected chi connectivity index (χ3v) is 4.93. The van der Waals surface area contributed by atoms with Gasteiger partial charge in [0.25, 0.3) is 0 Å². The number of carbonyl (C=O) groups is 1. The monoisotopic (exact) mass is 268 g/mol. The van der Waals surface area contributed by atoms with Gasteiger partial charge in [0, 0.05) is 17.5 Å². The molecule has 0 saturated carbocycles. The molecule has 1 aromatic rings. The normalized spacial score (nSPS) is 11.3. The van der Waals surface area contributed by atoms with Gasteiger partial charge in [-0.3, -0.25) is 0 Å². The van der Waals surface area contributed by atoms with Crippen LogP contribution in [-0.4, -0.2) is 33.6 Å². The van der Waals surface area contributed by atoms with Crippen LogP contribution in [0.15, 0.2) is 18.3 Å². The van der Waals surface area contributed by atoms with E-state index in [-0.39, 0.29) is 10.3 Å². The Bertz CT molecular complexity index is 397. The lowest BCUT2D eigenvalue weighted by Crippen LogP contribution is -2.32. The van der Waals surface area contributed by atoms with Crippen molar-refractivity contribution >= 4 is 23.5 Å². The molecule has 1 rings (SSSR count). The Hall–Kier alpha value is -1.23. The van der Waals surface area contributed by atoms with E-state index in [2.05, 4.69) is 30.4 Å². The van der Waals surface area contributed by atoms with Crippen LogP contribution in [0.1, 0.15) is 37.0 Å². The molecule has 0 aliphatic rings. The van der Waals surface area contributed by atoms with Crippen LogP contribution in [0, 0.1) is 0 Å². The minimum absolute atomic E-state index is 0.132. The molecule has 0 amide bonds. The summed E-state index contributed by atoms with van der Waals surface area (Å²) in [7, 11) is 0. The number of nitrogens with one attached hydrogen (secondary N) is 1. The highest BCUT2D eigenvalue weighted by Crippen LogP contribution is 2.30. The summed E-state index contributed by atoms with van der Waals surface area (Å²) < 4.78 is 0.132. The van der Waals surface area contributed by atoms with Crippen LogP contribution in [0.3, 0.4) is 0 Å². The van der Waals surface area contributed by atoms with Crippen molar-refractivity contribution in [3.05, 3.63) is 23.9 Å². The molecule has 0 unspecified atom stereocenters. The number of carboxylic acid groups (broad SMARTS) is 1. The largest absolute Gasteiger partial charge is 0.478 e. The molecular formula is C13H20N2O2S. The van der Waals surface area contributed by atoms with Crippen LogP contribution in [0.4, 0.5) is 5.82 Å². The van der Waals surface area contributed by atoms with E-state index in [0.29, 0.717) is 5.82 Å². The Morgan fingerprint density at radius 1 is 1.50 bits per heavy atom. The predicted octanol–water partition coefficient (Wildman–Crippen LogP) is 3.11. The minimum atomic E-state index is -0.951. The fourth-order valence-electron chi connectivity index (χ4n) is 1.82. The zero-order valence-electron chi connectivity index (χ0n) is 11.1. The van der Waals surface area contributed by atoms with Crippen LogP contribution < -0.4 is 5.32 Å². The van der Waals surface area contributed by atoms with E-state index in [1.54, 1.807) is 18.3 Å². The number of hydrogen-bond acceptors (Lipinski definition) is 4. The van der Waals surface area contributed by atoms with Crippen LogP contribution in [-0.2, 0) is 0 Å². The highest BCUT2D eigenvalue weighted by Gasteiger charge is 2.25. The van der Waals surface area contributed by atoms with Crippen LogP contribution in [0.2, 0.25) is 0 Å². The fraction of sp³-hybridized carbons (Fsp3) is 0.538. The molecule has 1 heterocycles. The first kappa shape index (κ1) is 14.8. The lowest BCUT2D eigenvalue weighted by molar-refractivity contribution is 0.0697. The Labute approximate surface area is 112 Å². The molecule has 5 heteroatoms. The first-order valence-corrected chi connectivity index (χ1v) is 7.28. The Morgan fingerprint density at radius 2 is 2.17 bits per heavy atom.